The molecule has 0 spiro atoms. The van der Waals surface area contributed by atoms with E-state index in [0.29, 0.717) is 18.0 Å². The van der Waals surface area contributed by atoms with Gasteiger partial charge in [0.2, 0.25) is 0 Å². The van der Waals surface area contributed by atoms with Crippen LogP contribution in [0.3, 0.4) is 0 Å². The molecule has 0 radical (unpaired) electrons. The maximum absolute atomic E-state index is 6.49. The zero-order valence-corrected chi connectivity index (χ0v) is 14.2. The summed E-state index contributed by atoms with van der Waals surface area (Å²) in [6.07, 6.45) is 1.18. The number of nitrogens with one attached hydrogen (secondary N) is 1. The third kappa shape index (κ3) is 2.74. The lowest BCUT2D eigenvalue weighted by atomic mass is 9.95. The molecule has 114 valence electrons. The van der Waals surface area contributed by atoms with Gasteiger partial charge in [-0.15, -0.1) is 0 Å². The molecule has 0 bridgehead atoms. The molecule has 4 nitrogen and oxygen atoms in total. The van der Waals surface area contributed by atoms with E-state index in [0.717, 1.165) is 34.8 Å². The standard InChI is InChI=1S/C15H21ClN4S/c1-4-9(2)13-8-20(10(3)7-17-13)15-11(16)5-6-12-14(15)19-21-18-12/h5-6,9-10,13,17H,4,7-8H2,1-3H3. The lowest BCUT2D eigenvalue weighted by molar-refractivity contribution is 0.316. The van der Waals surface area contributed by atoms with E-state index in [2.05, 4.69) is 39.7 Å². The Morgan fingerprint density at radius 2 is 2.29 bits per heavy atom. The van der Waals surface area contributed by atoms with Gasteiger partial charge in [0.1, 0.15) is 11.0 Å². The van der Waals surface area contributed by atoms with Crippen LogP contribution in [0.5, 0.6) is 0 Å². The Labute approximate surface area is 134 Å². The van der Waals surface area contributed by atoms with Gasteiger partial charge in [-0.2, -0.15) is 8.75 Å². The first-order chi connectivity index (χ1) is 10.1. The van der Waals surface area contributed by atoms with Crippen LogP contribution in [0, 0.1) is 5.92 Å². The van der Waals surface area contributed by atoms with Crippen LogP contribution in [0.1, 0.15) is 27.2 Å². The van der Waals surface area contributed by atoms with Gasteiger partial charge >= 0.3 is 0 Å². The van der Waals surface area contributed by atoms with Gasteiger partial charge in [0, 0.05) is 25.2 Å². The second-order valence-corrected chi connectivity index (χ2v) is 6.87. The van der Waals surface area contributed by atoms with Gasteiger partial charge in [0.25, 0.3) is 0 Å². The summed E-state index contributed by atoms with van der Waals surface area (Å²) in [5, 5.41) is 4.43. The summed E-state index contributed by atoms with van der Waals surface area (Å²) in [6.45, 7) is 8.71. The Kier molecular flexibility index (Phi) is 4.33. The Morgan fingerprint density at radius 3 is 3.05 bits per heavy atom. The highest BCUT2D eigenvalue weighted by molar-refractivity contribution is 7.00. The van der Waals surface area contributed by atoms with E-state index < -0.39 is 0 Å². The minimum atomic E-state index is 0.398. The molecule has 0 aliphatic carbocycles. The Bertz CT molecular complexity index is 629. The summed E-state index contributed by atoms with van der Waals surface area (Å²) >= 11 is 7.75. The molecule has 21 heavy (non-hydrogen) atoms. The van der Waals surface area contributed by atoms with Gasteiger partial charge in [-0.3, -0.25) is 0 Å². The molecule has 1 aromatic carbocycles. The minimum absolute atomic E-state index is 0.398. The van der Waals surface area contributed by atoms with Crippen molar-refractivity contribution in [2.75, 3.05) is 18.0 Å². The Balaban J connectivity index is 1.99. The molecule has 3 atom stereocenters. The van der Waals surface area contributed by atoms with Gasteiger partial charge < -0.3 is 10.2 Å². The van der Waals surface area contributed by atoms with Crippen LogP contribution in [-0.2, 0) is 0 Å². The van der Waals surface area contributed by atoms with E-state index >= 15 is 0 Å². The van der Waals surface area contributed by atoms with Crippen molar-refractivity contribution in [3.63, 3.8) is 0 Å². The van der Waals surface area contributed by atoms with E-state index in [9.17, 15) is 0 Å². The molecular formula is C15H21ClN4S. The zero-order chi connectivity index (χ0) is 15.0. The van der Waals surface area contributed by atoms with E-state index in [4.69, 9.17) is 11.6 Å². The average Bonchev–Trinajstić information content (AvgIpc) is 2.96. The SMILES string of the molecule is CCC(C)C1CN(c2c(Cl)ccc3nsnc23)C(C)CN1. The largest absolute Gasteiger partial charge is 0.363 e. The van der Waals surface area contributed by atoms with Crippen LogP contribution < -0.4 is 10.2 Å². The number of hydrogen-bond donors (Lipinski definition) is 1. The zero-order valence-electron chi connectivity index (χ0n) is 12.6. The van der Waals surface area contributed by atoms with Crippen molar-refractivity contribution in [3.8, 4) is 0 Å². The maximum atomic E-state index is 6.49. The van der Waals surface area contributed by atoms with Crippen LogP contribution in [0.4, 0.5) is 5.69 Å². The number of fused-ring (bicyclic) bond motifs is 1. The molecule has 3 rings (SSSR count). The summed E-state index contributed by atoms with van der Waals surface area (Å²) in [6, 6.07) is 4.77. The lowest BCUT2D eigenvalue weighted by Gasteiger charge is -2.42. The quantitative estimate of drug-likeness (QED) is 0.937. The smallest absolute Gasteiger partial charge is 0.129 e. The minimum Gasteiger partial charge on any atom is -0.363 e. The highest BCUT2D eigenvalue weighted by atomic mass is 35.5. The molecule has 2 heterocycles. The predicted molar refractivity (Wildman–Crippen MR) is 90.5 cm³/mol. The van der Waals surface area contributed by atoms with Crippen molar-refractivity contribution in [1.29, 1.82) is 0 Å². The first-order valence-electron chi connectivity index (χ1n) is 7.52. The Hall–Kier alpha value is -0.910. The number of anilines is 1. The average molecular weight is 325 g/mol. The van der Waals surface area contributed by atoms with Crippen molar-refractivity contribution >= 4 is 40.0 Å². The summed E-state index contributed by atoms with van der Waals surface area (Å²) in [5.41, 5.74) is 2.92. The van der Waals surface area contributed by atoms with Crippen LogP contribution in [0.2, 0.25) is 5.02 Å². The number of hydrogen-bond acceptors (Lipinski definition) is 5. The fraction of sp³-hybridized carbons (Fsp3) is 0.600. The first-order valence-corrected chi connectivity index (χ1v) is 8.63. The van der Waals surface area contributed by atoms with Crippen LogP contribution in [0.15, 0.2) is 12.1 Å². The van der Waals surface area contributed by atoms with Crippen molar-refractivity contribution in [2.24, 2.45) is 5.92 Å². The summed E-state index contributed by atoms with van der Waals surface area (Å²) in [5.74, 6) is 0.645. The lowest BCUT2D eigenvalue weighted by Crippen LogP contribution is -2.57. The molecule has 2 aromatic rings. The van der Waals surface area contributed by atoms with Gasteiger partial charge in [0.05, 0.1) is 22.4 Å². The topological polar surface area (TPSA) is 41.1 Å². The summed E-state index contributed by atoms with van der Waals surface area (Å²) in [7, 11) is 0. The van der Waals surface area contributed by atoms with Gasteiger partial charge in [-0.05, 0) is 25.0 Å². The number of rotatable bonds is 3. The van der Waals surface area contributed by atoms with Crippen LogP contribution in [-0.4, -0.2) is 33.9 Å². The van der Waals surface area contributed by atoms with Gasteiger partial charge in [-0.1, -0.05) is 31.9 Å². The maximum Gasteiger partial charge on any atom is 0.129 e. The number of piperazine rings is 1. The number of aromatic nitrogens is 2. The molecule has 6 heteroatoms. The number of benzene rings is 1. The predicted octanol–water partition coefficient (Wildman–Crippen LogP) is 3.56. The fourth-order valence-electron chi connectivity index (χ4n) is 2.95. The van der Waals surface area contributed by atoms with E-state index in [-0.39, 0.29) is 0 Å². The van der Waals surface area contributed by atoms with E-state index in [1.165, 1.54) is 18.1 Å². The van der Waals surface area contributed by atoms with Crippen molar-refractivity contribution < 1.29 is 0 Å². The van der Waals surface area contributed by atoms with E-state index in [1.54, 1.807) is 0 Å². The molecular weight excluding hydrogens is 304 g/mol. The molecule has 1 N–H and O–H groups in total. The second kappa shape index (κ2) is 6.07. The van der Waals surface area contributed by atoms with Crippen molar-refractivity contribution in [1.82, 2.24) is 14.1 Å². The summed E-state index contributed by atoms with van der Waals surface area (Å²) < 4.78 is 8.80. The van der Waals surface area contributed by atoms with Crippen molar-refractivity contribution in [2.45, 2.75) is 39.3 Å². The van der Waals surface area contributed by atoms with Crippen molar-refractivity contribution in [3.05, 3.63) is 17.2 Å². The monoisotopic (exact) mass is 324 g/mol. The third-order valence-corrected chi connectivity index (χ3v) is 5.42. The highest BCUT2D eigenvalue weighted by Crippen LogP contribution is 2.35. The fourth-order valence-corrected chi connectivity index (χ4v) is 3.75. The molecule has 0 saturated carbocycles. The normalized spacial score (nSPS) is 24.5. The molecule has 1 fully saturated rings. The highest BCUT2D eigenvalue weighted by Gasteiger charge is 2.30. The number of halogens is 1. The molecule has 0 amide bonds. The van der Waals surface area contributed by atoms with Crippen LogP contribution >= 0.6 is 23.3 Å². The third-order valence-electron chi connectivity index (χ3n) is 4.57. The molecule has 1 aromatic heterocycles. The van der Waals surface area contributed by atoms with Crippen LogP contribution in [0.25, 0.3) is 11.0 Å². The first kappa shape index (κ1) is 15.0. The molecule has 3 unspecified atom stereocenters. The second-order valence-electron chi connectivity index (χ2n) is 5.93. The van der Waals surface area contributed by atoms with Gasteiger partial charge in [-0.25, -0.2) is 0 Å². The summed E-state index contributed by atoms with van der Waals surface area (Å²) in [4.78, 5) is 2.40. The van der Waals surface area contributed by atoms with Gasteiger partial charge in [0.15, 0.2) is 0 Å². The number of nitrogens with zero attached hydrogens (tertiary/aromatic N) is 3. The molecule has 1 aliphatic heterocycles. The molecule has 1 aliphatic rings. The Morgan fingerprint density at radius 1 is 1.48 bits per heavy atom. The van der Waals surface area contributed by atoms with E-state index in [1.807, 2.05) is 12.1 Å². The molecule has 1 saturated heterocycles.